The van der Waals surface area contributed by atoms with Crippen LogP contribution in [-0.4, -0.2) is 23.9 Å². The van der Waals surface area contributed by atoms with E-state index in [9.17, 15) is 13.2 Å². The Balaban J connectivity index is 1.46. The fraction of sp³-hybridized carbons (Fsp3) is 0.290. The lowest BCUT2D eigenvalue weighted by Crippen LogP contribution is -2.34. The molecular weight excluding hydrogens is 544 g/mol. The number of aryl methyl sites for hydroxylation is 2. The summed E-state index contributed by atoms with van der Waals surface area (Å²) in [6.45, 7) is 2.36. The zero-order valence-electron chi connectivity index (χ0n) is 22.6. The summed E-state index contributed by atoms with van der Waals surface area (Å²) in [6, 6.07) is 21.8. The molecule has 1 aliphatic rings. The molecule has 0 unspecified atom stereocenters. The molecule has 1 aliphatic carbocycles. The Morgan fingerprint density at radius 3 is 2.65 bits per heavy atom. The molecule has 0 saturated carbocycles. The summed E-state index contributed by atoms with van der Waals surface area (Å²) in [5.74, 6) is 0.773. The zero-order valence-corrected chi connectivity index (χ0v) is 24.2. The van der Waals surface area contributed by atoms with Crippen molar-refractivity contribution in [2.24, 2.45) is 7.05 Å². The SMILES string of the molecule is C[C@@H](CC(=O)N(Cc1nccn1C)c1ccc2c(c1)[C@@H](NS(=O)(=O)c1cccc(Cl)c1)CCC2)c1ccccc1. The molecule has 1 N–H and O–H groups in total. The molecule has 1 heterocycles. The molecule has 0 aliphatic heterocycles. The van der Waals surface area contributed by atoms with Crippen molar-refractivity contribution in [2.75, 3.05) is 4.90 Å². The first kappa shape index (κ1) is 28.1. The number of hydrogen-bond donors (Lipinski definition) is 1. The van der Waals surface area contributed by atoms with Gasteiger partial charge in [-0.25, -0.2) is 18.1 Å². The van der Waals surface area contributed by atoms with Crippen LogP contribution in [0.1, 0.15) is 60.7 Å². The Morgan fingerprint density at radius 1 is 1.12 bits per heavy atom. The van der Waals surface area contributed by atoms with Gasteiger partial charge in [-0.1, -0.05) is 61.0 Å². The molecule has 0 fully saturated rings. The number of benzene rings is 3. The Morgan fingerprint density at radius 2 is 1.93 bits per heavy atom. The number of fused-ring (bicyclic) bond motifs is 1. The first-order chi connectivity index (χ1) is 19.2. The second-order valence-corrected chi connectivity index (χ2v) is 12.5. The van der Waals surface area contributed by atoms with Gasteiger partial charge in [-0.05, 0) is 72.2 Å². The summed E-state index contributed by atoms with van der Waals surface area (Å²) in [5.41, 5.74) is 3.80. The van der Waals surface area contributed by atoms with E-state index < -0.39 is 16.1 Å². The number of nitrogens with zero attached hydrogens (tertiary/aromatic N) is 3. The van der Waals surface area contributed by atoms with Gasteiger partial charge in [-0.3, -0.25) is 4.79 Å². The van der Waals surface area contributed by atoms with Crippen LogP contribution in [0.4, 0.5) is 5.69 Å². The molecular formula is C31H33ClN4O3S. The lowest BCUT2D eigenvalue weighted by Gasteiger charge is -2.30. The van der Waals surface area contributed by atoms with Gasteiger partial charge in [0, 0.05) is 42.6 Å². The summed E-state index contributed by atoms with van der Waals surface area (Å²) >= 11 is 6.07. The van der Waals surface area contributed by atoms with Gasteiger partial charge in [0.25, 0.3) is 0 Å². The third-order valence-corrected chi connectivity index (χ3v) is 9.23. The van der Waals surface area contributed by atoms with Crippen LogP contribution in [0.5, 0.6) is 0 Å². The van der Waals surface area contributed by atoms with Crippen molar-refractivity contribution >= 4 is 33.2 Å². The minimum Gasteiger partial charge on any atom is -0.337 e. The van der Waals surface area contributed by atoms with Crippen molar-refractivity contribution in [3.63, 3.8) is 0 Å². The highest BCUT2D eigenvalue weighted by Crippen LogP contribution is 2.35. The molecule has 3 aromatic carbocycles. The van der Waals surface area contributed by atoms with Crippen molar-refractivity contribution in [1.82, 2.24) is 14.3 Å². The molecule has 0 saturated heterocycles. The topological polar surface area (TPSA) is 84.3 Å². The highest BCUT2D eigenvalue weighted by atomic mass is 35.5. The van der Waals surface area contributed by atoms with E-state index in [1.165, 1.54) is 12.1 Å². The average Bonchev–Trinajstić information content (AvgIpc) is 3.36. The third kappa shape index (κ3) is 6.30. The van der Waals surface area contributed by atoms with Crippen LogP contribution in [0, 0.1) is 0 Å². The molecule has 0 bridgehead atoms. The average molecular weight is 577 g/mol. The number of rotatable bonds is 9. The molecule has 1 amide bonds. The zero-order chi connectivity index (χ0) is 28.3. The molecule has 208 valence electrons. The first-order valence-electron chi connectivity index (χ1n) is 13.4. The van der Waals surface area contributed by atoms with Gasteiger partial charge in [-0.2, -0.15) is 0 Å². The minimum absolute atomic E-state index is 0.0221. The van der Waals surface area contributed by atoms with Crippen LogP contribution in [0.25, 0.3) is 0 Å². The fourth-order valence-corrected chi connectivity index (χ4v) is 6.80. The van der Waals surface area contributed by atoms with Gasteiger partial charge in [-0.15, -0.1) is 0 Å². The predicted octanol–water partition coefficient (Wildman–Crippen LogP) is 6.16. The summed E-state index contributed by atoms with van der Waals surface area (Å²) in [6.07, 6.45) is 6.28. The smallest absolute Gasteiger partial charge is 0.241 e. The van der Waals surface area contributed by atoms with Crippen molar-refractivity contribution in [3.05, 3.63) is 113 Å². The Bertz CT molecular complexity index is 1600. The summed E-state index contributed by atoms with van der Waals surface area (Å²) in [4.78, 5) is 20.2. The number of imidazole rings is 1. The highest BCUT2D eigenvalue weighted by molar-refractivity contribution is 7.89. The number of sulfonamides is 1. The van der Waals surface area contributed by atoms with Crippen molar-refractivity contribution in [3.8, 4) is 0 Å². The van der Waals surface area contributed by atoms with E-state index in [1.807, 2.05) is 66.3 Å². The number of hydrogen-bond acceptors (Lipinski definition) is 4. The molecule has 0 radical (unpaired) electrons. The van der Waals surface area contributed by atoms with Crippen LogP contribution in [0.15, 0.2) is 90.1 Å². The molecule has 9 heteroatoms. The Hall–Kier alpha value is -3.46. The van der Waals surface area contributed by atoms with E-state index in [0.717, 1.165) is 41.0 Å². The quantitative estimate of drug-likeness (QED) is 0.259. The van der Waals surface area contributed by atoms with E-state index in [2.05, 4.69) is 16.6 Å². The van der Waals surface area contributed by atoms with Crippen molar-refractivity contribution < 1.29 is 13.2 Å². The van der Waals surface area contributed by atoms with Gasteiger partial charge >= 0.3 is 0 Å². The van der Waals surface area contributed by atoms with Crippen LogP contribution in [0.2, 0.25) is 5.02 Å². The molecule has 4 aromatic rings. The molecule has 2 atom stereocenters. The maximum absolute atomic E-state index is 13.8. The maximum atomic E-state index is 13.8. The van der Waals surface area contributed by atoms with Gasteiger partial charge in [0.15, 0.2) is 0 Å². The molecule has 1 aromatic heterocycles. The van der Waals surface area contributed by atoms with Gasteiger partial charge in [0.05, 0.1) is 11.4 Å². The van der Waals surface area contributed by atoms with E-state index in [-0.39, 0.29) is 16.7 Å². The Labute approximate surface area is 240 Å². The number of nitrogens with one attached hydrogen (secondary N) is 1. The van der Waals surface area contributed by atoms with E-state index in [4.69, 9.17) is 11.6 Å². The van der Waals surface area contributed by atoms with Crippen molar-refractivity contribution in [1.29, 1.82) is 0 Å². The van der Waals surface area contributed by atoms with Gasteiger partial charge < -0.3 is 9.47 Å². The van der Waals surface area contributed by atoms with E-state index in [0.29, 0.717) is 24.4 Å². The molecule has 7 nitrogen and oxygen atoms in total. The van der Waals surface area contributed by atoms with E-state index >= 15 is 0 Å². The Kier molecular flexibility index (Phi) is 8.40. The molecule has 40 heavy (non-hydrogen) atoms. The number of amides is 1. The molecule has 0 spiro atoms. The first-order valence-corrected chi connectivity index (χ1v) is 15.3. The van der Waals surface area contributed by atoms with Gasteiger partial charge in [0.1, 0.15) is 5.82 Å². The van der Waals surface area contributed by atoms with Crippen LogP contribution < -0.4 is 9.62 Å². The number of carbonyl (C=O) groups excluding carboxylic acids is 1. The monoisotopic (exact) mass is 576 g/mol. The number of aromatic nitrogens is 2. The highest BCUT2D eigenvalue weighted by Gasteiger charge is 2.28. The lowest BCUT2D eigenvalue weighted by atomic mass is 9.87. The number of carbonyl (C=O) groups is 1. The standard InChI is InChI=1S/C31H33ClN4O3S/c1-22(23-8-4-3-5-9-23)18-31(37)36(21-30-33-16-17-35(30)2)26-15-14-24-10-6-13-29(28(24)20-26)34-40(38,39)27-12-7-11-25(32)19-27/h3-5,7-9,11-12,14-17,19-20,22,29,34H,6,10,13,18,21H2,1-2H3/t22-,29-/m0/s1. The normalized spacial score (nSPS) is 15.8. The van der Waals surface area contributed by atoms with Gasteiger partial charge in [0.2, 0.25) is 15.9 Å². The maximum Gasteiger partial charge on any atom is 0.241 e. The van der Waals surface area contributed by atoms with E-state index in [1.54, 1.807) is 23.2 Å². The van der Waals surface area contributed by atoms with Crippen LogP contribution >= 0.6 is 11.6 Å². The predicted molar refractivity (Wildman–Crippen MR) is 158 cm³/mol. The van der Waals surface area contributed by atoms with Crippen LogP contribution in [-0.2, 0) is 34.8 Å². The second kappa shape index (κ2) is 12.0. The summed E-state index contributed by atoms with van der Waals surface area (Å²) < 4.78 is 31.3. The lowest BCUT2D eigenvalue weighted by molar-refractivity contribution is -0.119. The fourth-order valence-electron chi connectivity index (χ4n) is 5.25. The van der Waals surface area contributed by atoms with Crippen molar-refractivity contribution in [2.45, 2.75) is 56.0 Å². The largest absolute Gasteiger partial charge is 0.337 e. The van der Waals surface area contributed by atoms with Crippen LogP contribution in [0.3, 0.4) is 0 Å². The minimum atomic E-state index is -3.80. The number of halogens is 1. The second-order valence-electron chi connectivity index (χ2n) is 10.4. The third-order valence-electron chi connectivity index (χ3n) is 7.53. The summed E-state index contributed by atoms with van der Waals surface area (Å²) in [7, 11) is -1.89. The molecule has 5 rings (SSSR count). The number of anilines is 1. The summed E-state index contributed by atoms with van der Waals surface area (Å²) in [5, 5.41) is 0.363.